The summed E-state index contributed by atoms with van der Waals surface area (Å²) in [6.07, 6.45) is -2.13. The molecule has 0 amide bonds. The highest BCUT2D eigenvalue weighted by Crippen LogP contribution is 2.21. The minimum atomic E-state index is -1.57. The van der Waals surface area contributed by atoms with Gasteiger partial charge in [0, 0.05) is 6.54 Å². The van der Waals surface area contributed by atoms with Gasteiger partial charge in [-0.3, -0.25) is 4.90 Å². The monoisotopic (exact) mass is 221 g/mol. The average Bonchev–Trinajstić information content (AvgIpc) is 2.23. The molecule has 1 rings (SSSR count). The van der Waals surface area contributed by atoms with Crippen molar-refractivity contribution in [2.75, 3.05) is 19.7 Å². The molecule has 0 aliphatic carbocycles. The Morgan fingerprint density at radius 3 is 2.60 bits per heavy atom. The van der Waals surface area contributed by atoms with E-state index in [-0.39, 0.29) is 13.2 Å². The Kier molecular flexibility index (Phi) is 4.92. The number of halogens is 1. The molecule has 4 nitrogen and oxygen atoms in total. The first-order chi connectivity index (χ1) is 7.11. The summed E-state index contributed by atoms with van der Waals surface area (Å²) in [5.74, 6) is 0. The smallest absolute Gasteiger partial charge is 0.146 e. The van der Waals surface area contributed by atoms with Crippen LogP contribution in [-0.2, 0) is 0 Å². The van der Waals surface area contributed by atoms with Crippen molar-refractivity contribution in [3.8, 4) is 0 Å². The Hall–Kier alpha value is -0.230. The molecule has 0 bridgehead atoms. The van der Waals surface area contributed by atoms with Gasteiger partial charge in [0.25, 0.3) is 0 Å². The Balaban J connectivity index is 2.60. The highest BCUT2D eigenvalue weighted by Gasteiger charge is 2.41. The van der Waals surface area contributed by atoms with Gasteiger partial charge in [0.05, 0.1) is 18.8 Å². The van der Waals surface area contributed by atoms with Crippen LogP contribution in [0.4, 0.5) is 4.39 Å². The van der Waals surface area contributed by atoms with Crippen molar-refractivity contribution in [1.82, 2.24) is 4.90 Å². The number of aliphatic hydroxyl groups excluding tert-OH is 3. The molecule has 0 spiro atoms. The second kappa shape index (κ2) is 5.75. The van der Waals surface area contributed by atoms with E-state index in [9.17, 15) is 14.6 Å². The van der Waals surface area contributed by atoms with E-state index in [1.807, 2.05) is 6.92 Å². The van der Waals surface area contributed by atoms with E-state index in [2.05, 4.69) is 0 Å². The van der Waals surface area contributed by atoms with Gasteiger partial charge in [-0.1, -0.05) is 13.3 Å². The van der Waals surface area contributed by atoms with Gasteiger partial charge in [0.2, 0.25) is 0 Å². The van der Waals surface area contributed by atoms with Gasteiger partial charge in [-0.2, -0.15) is 0 Å². The number of aliphatic hydroxyl groups is 3. The second-order valence-electron chi connectivity index (χ2n) is 4.10. The molecule has 1 saturated heterocycles. The summed E-state index contributed by atoms with van der Waals surface area (Å²) in [5, 5.41) is 27.8. The van der Waals surface area contributed by atoms with Crippen LogP contribution < -0.4 is 0 Å². The largest absolute Gasteiger partial charge is 0.395 e. The van der Waals surface area contributed by atoms with Crippen LogP contribution >= 0.6 is 0 Å². The fourth-order valence-corrected chi connectivity index (χ4v) is 1.96. The third-order valence-electron chi connectivity index (χ3n) is 2.96. The van der Waals surface area contributed by atoms with Gasteiger partial charge in [-0.15, -0.1) is 0 Å². The third kappa shape index (κ3) is 2.87. The fourth-order valence-electron chi connectivity index (χ4n) is 1.96. The van der Waals surface area contributed by atoms with Crippen LogP contribution in [-0.4, -0.2) is 64.3 Å². The van der Waals surface area contributed by atoms with Gasteiger partial charge in [-0.05, 0) is 13.0 Å². The number of hydrogen-bond donors (Lipinski definition) is 3. The van der Waals surface area contributed by atoms with Crippen LogP contribution in [0.25, 0.3) is 0 Å². The van der Waals surface area contributed by atoms with Crippen molar-refractivity contribution >= 4 is 0 Å². The second-order valence-corrected chi connectivity index (χ2v) is 4.10. The standard InChI is InChI=1S/C10H20FNO3/c1-2-3-4-12-5-8(14)10(15)9(11)7(12)6-13/h7-10,13-15H,2-6H2,1H3/t7-,8+,9-,10-/m1/s1. The molecular weight excluding hydrogens is 201 g/mol. The summed E-state index contributed by atoms with van der Waals surface area (Å²) in [6, 6.07) is -0.685. The molecule has 5 heteroatoms. The molecule has 1 aliphatic heterocycles. The number of β-amino-alcohol motifs (C(OH)–C–C–N with tert-alkyl or cyclic N) is 1. The van der Waals surface area contributed by atoms with Crippen molar-refractivity contribution in [2.24, 2.45) is 0 Å². The predicted molar refractivity (Wildman–Crippen MR) is 54.3 cm³/mol. The van der Waals surface area contributed by atoms with E-state index in [4.69, 9.17) is 5.11 Å². The van der Waals surface area contributed by atoms with Crippen molar-refractivity contribution in [3.05, 3.63) is 0 Å². The van der Waals surface area contributed by atoms with Gasteiger partial charge in [-0.25, -0.2) is 4.39 Å². The number of nitrogens with zero attached hydrogens (tertiary/aromatic N) is 1. The highest BCUT2D eigenvalue weighted by atomic mass is 19.1. The first-order valence-corrected chi connectivity index (χ1v) is 5.47. The normalized spacial score (nSPS) is 38.2. The molecule has 1 aliphatic rings. The lowest BCUT2D eigenvalue weighted by Crippen LogP contribution is -2.61. The van der Waals surface area contributed by atoms with Gasteiger partial charge in [0.1, 0.15) is 12.3 Å². The van der Waals surface area contributed by atoms with Crippen LogP contribution in [0.5, 0.6) is 0 Å². The summed E-state index contributed by atoms with van der Waals surface area (Å²) in [4.78, 5) is 1.71. The minimum absolute atomic E-state index is 0.229. The summed E-state index contributed by atoms with van der Waals surface area (Å²) in [6.45, 7) is 2.57. The molecule has 0 saturated carbocycles. The van der Waals surface area contributed by atoms with Crippen molar-refractivity contribution in [2.45, 2.75) is 44.2 Å². The molecule has 15 heavy (non-hydrogen) atoms. The zero-order valence-electron chi connectivity index (χ0n) is 9.01. The number of likely N-dealkylation sites (tertiary alicyclic amines) is 1. The number of hydrogen-bond acceptors (Lipinski definition) is 4. The van der Waals surface area contributed by atoms with Crippen LogP contribution in [0, 0.1) is 0 Å². The average molecular weight is 221 g/mol. The molecule has 0 unspecified atom stereocenters. The van der Waals surface area contributed by atoms with Crippen LogP contribution in [0.15, 0.2) is 0 Å². The van der Waals surface area contributed by atoms with Crippen molar-refractivity contribution in [3.63, 3.8) is 0 Å². The number of piperidine rings is 1. The lowest BCUT2D eigenvalue weighted by Gasteiger charge is -2.41. The van der Waals surface area contributed by atoms with E-state index in [0.29, 0.717) is 6.54 Å². The maximum absolute atomic E-state index is 13.6. The van der Waals surface area contributed by atoms with Crippen LogP contribution in [0.2, 0.25) is 0 Å². The maximum Gasteiger partial charge on any atom is 0.146 e. The number of unbranched alkanes of at least 4 members (excludes halogenated alkanes) is 1. The molecule has 3 N–H and O–H groups in total. The molecule has 1 heterocycles. The Bertz CT molecular complexity index is 194. The molecule has 0 aromatic rings. The lowest BCUT2D eigenvalue weighted by molar-refractivity contribution is -0.118. The SMILES string of the molecule is CCCCN1C[C@H](O)[C@@H](O)[C@H](F)[C@H]1CO. The zero-order chi connectivity index (χ0) is 11.4. The molecule has 90 valence electrons. The first-order valence-electron chi connectivity index (χ1n) is 5.47. The van der Waals surface area contributed by atoms with E-state index in [1.54, 1.807) is 4.90 Å². The number of alkyl halides is 1. The summed E-state index contributed by atoms with van der Waals surface area (Å²) in [7, 11) is 0. The number of rotatable bonds is 4. The maximum atomic E-state index is 13.6. The minimum Gasteiger partial charge on any atom is -0.395 e. The molecule has 1 fully saturated rings. The molecule has 0 aromatic heterocycles. The van der Waals surface area contributed by atoms with E-state index in [1.165, 1.54) is 0 Å². The molecule has 4 atom stereocenters. The molecule has 0 aromatic carbocycles. The van der Waals surface area contributed by atoms with Crippen molar-refractivity contribution in [1.29, 1.82) is 0 Å². The molecular formula is C10H20FNO3. The summed E-state index contributed by atoms with van der Waals surface area (Å²) >= 11 is 0. The first kappa shape index (κ1) is 12.8. The van der Waals surface area contributed by atoms with Crippen molar-refractivity contribution < 1.29 is 19.7 Å². The van der Waals surface area contributed by atoms with E-state index in [0.717, 1.165) is 12.8 Å². The third-order valence-corrected chi connectivity index (χ3v) is 2.96. The zero-order valence-corrected chi connectivity index (χ0v) is 9.01. The Morgan fingerprint density at radius 2 is 2.07 bits per heavy atom. The van der Waals surface area contributed by atoms with E-state index < -0.39 is 24.4 Å². The van der Waals surface area contributed by atoms with Gasteiger partial charge in [0.15, 0.2) is 0 Å². The quantitative estimate of drug-likeness (QED) is 0.600. The summed E-state index contributed by atoms with van der Waals surface area (Å²) < 4.78 is 13.6. The summed E-state index contributed by atoms with van der Waals surface area (Å²) in [5.41, 5.74) is 0. The highest BCUT2D eigenvalue weighted by molar-refractivity contribution is 4.94. The van der Waals surface area contributed by atoms with Gasteiger partial charge < -0.3 is 15.3 Å². The molecule has 0 radical (unpaired) electrons. The van der Waals surface area contributed by atoms with Gasteiger partial charge >= 0.3 is 0 Å². The fraction of sp³-hybridized carbons (Fsp3) is 1.00. The predicted octanol–water partition coefficient (Wildman–Crippen LogP) is -0.477. The van der Waals surface area contributed by atoms with Crippen LogP contribution in [0.3, 0.4) is 0 Å². The lowest BCUT2D eigenvalue weighted by atomic mass is 9.95. The van der Waals surface area contributed by atoms with Crippen LogP contribution in [0.1, 0.15) is 19.8 Å². The topological polar surface area (TPSA) is 63.9 Å². The Morgan fingerprint density at radius 1 is 1.40 bits per heavy atom. The Labute approximate surface area is 89.3 Å². The van der Waals surface area contributed by atoms with E-state index >= 15 is 0 Å².